The fourth-order valence-electron chi connectivity index (χ4n) is 2.38. The van der Waals surface area contributed by atoms with Gasteiger partial charge in [0.1, 0.15) is 5.69 Å². The van der Waals surface area contributed by atoms with E-state index in [2.05, 4.69) is 10.2 Å². The second-order valence-corrected chi connectivity index (χ2v) is 5.10. The molecular formula is C16H17N3O4. The van der Waals surface area contributed by atoms with Crippen molar-refractivity contribution in [2.45, 2.75) is 6.10 Å². The number of hydrogen-bond acceptors (Lipinski definition) is 5. The summed E-state index contributed by atoms with van der Waals surface area (Å²) in [6.45, 7) is 1.96. The number of aromatic amines is 1. The van der Waals surface area contributed by atoms with Crippen LogP contribution in [0.25, 0.3) is 0 Å². The van der Waals surface area contributed by atoms with Gasteiger partial charge in [-0.25, -0.2) is 4.79 Å². The molecule has 0 bridgehead atoms. The van der Waals surface area contributed by atoms with Crippen molar-refractivity contribution in [1.29, 1.82) is 0 Å². The van der Waals surface area contributed by atoms with Crippen molar-refractivity contribution in [2.75, 3.05) is 26.3 Å². The molecule has 120 valence electrons. The molecule has 7 nitrogen and oxygen atoms in total. The Bertz CT molecular complexity index is 651. The van der Waals surface area contributed by atoms with Gasteiger partial charge in [0.15, 0.2) is 0 Å². The van der Waals surface area contributed by atoms with Crippen molar-refractivity contribution in [3.63, 3.8) is 0 Å². The van der Waals surface area contributed by atoms with Gasteiger partial charge in [-0.15, -0.1) is 0 Å². The van der Waals surface area contributed by atoms with Crippen molar-refractivity contribution in [3.05, 3.63) is 53.9 Å². The van der Waals surface area contributed by atoms with E-state index in [9.17, 15) is 9.59 Å². The Morgan fingerprint density at radius 2 is 1.91 bits per heavy atom. The lowest BCUT2D eigenvalue weighted by Crippen LogP contribution is -2.44. The number of morpholine rings is 1. The predicted octanol–water partition coefficient (Wildman–Crippen LogP) is 1.17. The molecule has 1 atom stereocenters. The van der Waals surface area contributed by atoms with Crippen LogP contribution in [0.4, 0.5) is 0 Å². The number of esters is 1. The van der Waals surface area contributed by atoms with Crippen LogP contribution in [0, 0.1) is 0 Å². The zero-order valence-corrected chi connectivity index (χ0v) is 12.5. The van der Waals surface area contributed by atoms with Crippen molar-refractivity contribution < 1.29 is 19.1 Å². The Morgan fingerprint density at radius 3 is 2.57 bits per heavy atom. The molecule has 1 aromatic heterocycles. The molecule has 2 aromatic rings. The molecule has 1 aliphatic heterocycles. The summed E-state index contributed by atoms with van der Waals surface area (Å²) >= 11 is 0. The molecule has 0 aliphatic carbocycles. The lowest BCUT2D eigenvalue weighted by Gasteiger charge is -2.30. The Kier molecular flexibility index (Phi) is 4.68. The van der Waals surface area contributed by atoms with Gasteiger partial charge in [-0.05, 0) is 6.07 Å². The highest BCUT2D eigenvalue weighted by molar-refractivity contribution is 5.91. The largest absolute Gasteiger partial charge is 0.443 e. The smallest absolute Gasteiger partial charge is 0.357 e. The molecule has 0 spiro atoms. The summed E-state index contributed by atoms with van der Waals surface area (Å²) in [7, 11) is 0. The number of amides is 1. The first-order valence-electron chi connectivity index (χ1n) is 7.37. The molecule has 1 amide bonds. The second kappa shape index (κ2) is 7.06. The van der Waals surface area contributed by atoms with E-state index in [0.717, 1.165) is 0 Å². The molecule has 1 aliphatic rings. The van der Waals surface area contributed by atoms with Gasteiger partial charge < -0.3 is 14.4 Å². The van der Waals surface area contributed by atoms with E-state index in [4.69, 9.17) is 9.47 Å². The van der Waals surface area contributed by atoms with E-state index in [1.165, 1.54) is 12.3 Å². The number of nitrogens with one attached hydrogen (secondary N) is 1. The fourth-order valence-corrected chi connectivity index (χ4v) is 2.38. The maximum absolute atomic E-state index is 12.8. The summed E-state index contributed by atoms with van der Waals surface area (Å²) in [6.07, 6.45) is 0.475. The standard InChI is InChI=1S/C16H17N3O4/c20-15(19-8-10-22-11-9-19)14(12-4-2-1-3-5-12)23-16(21)13-6-7-17-18-13/h1-7,14H,8-11H2,(H,17,18)/t14-/m1/s1. The Morgan fingerprint density at radius 1 is 1.17 bits per heavy atom. The quantitative estimate of drug-likeness (QED) is 0.856. The molecule has 1 N–H and O–H groups in total. The maximum atomic E-state index is 12.8. The van der Waals surface area contributed by atoms with Crippen LogP contribution in [0.1, 0.15) is 22.2 Å². The topological polar surface area (TPSA) is 84.5 Å². The number of nitrogens with zero attached hydrogens (tertiary/aromatic N) is 2. The molecule has 2 heterocycles. The van der Waals surface area contributed by atoms with Crippen molar-refractivity contribution >= 4 is 11.9 Å². The molecule has 23 heavy (non-hydrogen) atoms. The van der Waals surface area contributed by atoms with Crippen LogP contribution in [0.5, 0.6) is 0 Å². The van der Waals surface area contributed by atoms with E-state index >= 15 is 0 Å². The maximum Gasteiger partial charge on any atom is 0.357 e. The third-order valence-electron chi connectivity index (χ3n) is 3.59. The lowest BCUT2D eigenvalue weighted by molar-refractivity contribution is -0.145. The van der Waals surface area contributed by atoms with E-state index in [0.29, 0.717) is 31.9 Å². The Labute approximate surface area is 133 Å². The highest BCUT2D eigenvalue weighted by Crippen LogP contribution is 2.22. The number of H-pyrrole nitrogens is 1. The normalized spacial score (nSPS) is 15.9. The van der Waals surface area contributed by atoms with Gasteiger partial charge in [-0.3, -0.25) is 9.89 Å². The van der Waals surface area contributed by atoms with Gasteiger partial charge in [0, 0.05) is 24.8 Å². The van der Waals surface area contributed by atoms with E-state index in [-0.39, 0.29) is 11.6 Å². The summed E-state index contributed by atoms with van der Waals surface area (Å²) in [6, 6.07) is 10.5. The third-order valence-corrected chi connectivity index (χ3v) is 3.59. The van der Waals surface area contributed by atoms with Crippen LogP contribution in [0.2, 0.25) is 0 Å². The molecule has 0 radical (unpaired) electrons. The first kappa shape index (κ1) is 15.2. The number of aromatic nitrogens is 2. The molecular weight excluding hydrogens is 298 g/mol. The molecule has 1 saturated heterocycles. The minimum absolute atomic E-state index is 0.209. The van der Waals surface area contributed by atoms with Gasteiger partial charge in [-0.1, -0.05) is 30.3 Å². The van der Waals surface area contributed by atoms with Crippen molar-refractivity contribution in [3.8, 4) is 0 Å². The monoisotopic (exact) mass is 315 g/mol. The van der Waals surface area contributed by atoms with Gasteiger partial charge >= 0.3 is 5.97 Å². The van der Waals surface area contributed by atoms with Gasteiger partial charge in [0.05, 0.1) is 13.2 Å². The first-order valence-corrected chi connectivity index (χ1v) is 7.37. The van der Waals surface area contributed by atoms with Gasteiger partial charge in [0.2, 0.25) is 6.10 Å². The van der Waals surface area contributed by atoms with Crippen LogP contribution >= 0.6 is 0 Å². The van der Waals surface area contributed by atoms with Gasteiger partial charge in [-0.2, -0.15) is 5.10 Å². The molecule has 0 saturated carbocycles. The summed E-state index contributed by atoms with van der Waals surface area (Å²) in [5.74, 6) is -0.856. The SMILES string of the molecule is O=C(O[C@@H](C(=O)N1CCOCC1)c1ccccc1)c1ccn[nH]1. The van der Waals surface area contributed by atoms with Crippen LogP contribution in [-0.4, -0.2) is 53.3 Å². The van der Waals surface area contributed by atoms with Crippen LogP contribution in [-0.2, 0) is 14.3 Å². The van der Waals surface area contributed by atoms with Crippen LogP contribution in [0.15, 0.2) is 42.6 Å². The summed E-state index contributed by atoms with van der Waals surface area (Å²) < 4.78 is 10.7. The average Bonchev–Trinajstić information content (AvgIpc) is 3.15. The zero-order valence-electron chi connectivity index (χ0n) is 12.5. The summed E-state index contributed by atoms with van der Waals surface area (Å²) in [5.41, 5.74) is 0.845. The number of hydrogen-bond donors (Lipinski definition) is 1. The second-order valence-electron chi connectivity index (χ2n) is 5.10. The fraction of sp³-hybridized carbons (Fsp3) is 0.312. The predicted molar refractivity (Wildman–Crippen MR) is 80.6 cm³/mol. The zero-order chi connectivity index (χ0) is 16.1. The molecule has 0 unspecified atom stereocenters. The van der Waals surface area contributed by atoms with E-state index in [1.54, 1.807) is 29.2 Å². The van der Waals surface area contributed by atoms with Crippen LogP contribution in [0.3, 0.4) is 0 Å². The summed E-state index contributed by atoms with van der Waals surface area (Å²) in [4.78, 5) is 26.6. The molecule has 7 heteroatoms. The average molecular weight is 315 g/mol. The van der Waals surface area contributed by atoms with Gasteiger partial charge in [0.25, 0.3) is 5.91 Å². The number of carbonyl (C=O) groups is 2. The Balaban J connectivity index is 1.81. The molecule has 1 aromatic carbocycles. The lowest BCUT2D eigenvalue weighted by atomic mass is 10.1. The minimum Gasteiger partial charge on any atom is -0.443 e. The van der Waals surface area contributed by atoms with E-state index in [1.807, 2.05) is 6.07 Å². The first-order chi connectivity index (χ1) is 11.3. The van der Waals surface area contributed by atoms with Crippen molar-refractivity contribution in [2.24, 2.45) is 0 Å². The number of rotatable bonds is 4. The number of benzene rings is 1. The molecule has 1 fully saturated rings. The van der Waals surface area contributed by atoms with Crippen molar-refractivity contribution in [1.82, 2.24) is 15.1 Å². The minimum atomic E-state index is -0.981. The number of carbonyl (C=O) groups excluding carboxylic acids is 2. The Hall–Kier alpha value is -2.67. The third kappa shape index (κ3) is 3.57. The molecule has 3 rings (SSSR count). The van der Waals surface area contributed by atoms with Crippen LogP contribution < -0.4 is 0 Å². The highest BCUT2D eigenvalue weighted by atomic mass is 16.5. The highest BCUT2D eigenvalue weighted by Gasteiger charge is 2.31. The summed E-state index contributed by atoms with van der Waals surface area (Å²) in [5, 5.41) is 6.26. The van der Waals surface area contributed by atoms with E-state index < -0.39 is 12.1 Å². The number of ether oxygens (including phenoxy) is 2.